The van der Waals surface area contributed by atoms with E-state index in [1.54, 1.807) is 30.3 Å². The summed E-state index contributed by atoms with van der Waals surface area (Å²) in [6.07, 6.45) is 1.66. The van der Waals surface area contributed by atoms with Crippen LogP contribution in [0, 0.1) is 10.1 Å². The first-order chi connectivity index (χ1) is 19.3. The van der Waals surface area contributed by atoms with Crippen LogP contribution in [-0.4, -0.2) is 27.6 Å². The van der Waals surface area contributed by atoms with Crippen LogP contribution in [0.4, 0.5) is 10.5 Å². The van der Waals surface area contributed by atoms with Gasteiger partial charge in [0.2, 0.25) is 0 Å². The molecule has 0 aliphatic carbocycles. The number of fused-ring (bicyclic) bond motifs is 1. The van der Waals surface area contributed by atoms with Crippen molar-refractivity contribution in [2.24, 2.45) is 0 Å². The zero-order valence-corrected chi connectivity index (χ0v) is 23.7. The lowest BCUT2D eigenvalue weighted by Crippen LogP contribution is -2.27. The van der Waals surface area contributed by atoms with Crippen LogP contribution in [0.15, 0.2) is 88.2 Å². The zero-order valence-electron chi connectivity index (χ0n) is 21.3. The van der Waals surface area contributed by atoms with E-state index in [4.69, 9.17) is 9.47 Å². The maximum Gasteiger partial charge on any atom is 0.293 e. The van der Waals surface area contributed by atoms with Gasteiger partial charge in [0.05, 0.1) is 23.0 Å². The SMILES string of the molecule is CCOc1cc(/C=C2/SC(=O)N(Cc3cccc4ccccc34)C2=O)c(Br)cc1OCc1cccc([N+](=O)[O-])c1. The van der Waals surface area contributed by atoms with E-state index >= 15 is 0 Å². The Labute approximate surface area is 242 Å². The Morgan fingerprint density at radius 2 is 1.73 bits per heavy atom. The fraction of sp³-hybridized carbons (Fsp3) is 0.133. The second-order valence-electron chi connectivity index (χ2n) is 8.88. The third kappa shape index (κ3) is 5.88. The highest BCUT2D eigenvalue weighted by molar-refractivity contribution is 9.10. The summed E-state index contributed by atoms with van der Waals surface area (Å²) in [5.74, 6) is 0.512. The monoisotopic (exact) mass is 618 g/mol. The number of ether oxygens (including phenoxy) is 2. The van der Waals surface area contributed by atoms with Gasteiger partial charge >= 0.3 is 0 Å². The van der Waals surface area contributed by atoms with Gasteiger partial charge in [-0.1, -0.05) is 70.5 Å². The summed E-state index contributed by atoms with van der Waals surface area (Å²) in [4.78, 5) is 38.3. The van der Waals surface area contributed by atoms with Crippen molar-refractivity contribution in [3.05, 3.63) is 115 Å². The Morgan fingerprint density at radius 3 is 2.52 bits per heavy atom. The molecule has 1 heterocycles. The number of rotatable bonds is 9. The van der Waals surface area contributed by atoms with Crippen molar-refractivity contribution < 1.29 is 24.0 Å². The molecule has 0 saturated carbocycles. The summed E-state index contributed by atoms with van der Waals surface area (Å²) in [5.41, 5.74) is 2.15. The number of nitro benzene ring substituents is 1. The summed E-state index contributed by atoms with van der Waals surface area (Å²) >= 11 is 4.43. The van der Waals surface area contributed by atoms with E-state index in [1.807, 2.05) is 49.4 Å². The van der Waals surface area contributed by atoms with Gasteiger partial charge in [-0.3, -0.25) is 24.6 Å². The molecule has 0 radical (unpaired) electrons. The van der Waals surface area contributed by atoms with Crippen molar-refractivity contribution in [2.45, 2.75) is 20.1 Å². The summed E-state index contributed by atoms with van der Waals surface area (Å²) in [5, 5.41) is 12.8. The van der Waals surface area contributed by atoms with Crippen molar-refractivity contribution in [1.29, 1.82) is 0 Å². The number of carbonyl (C=O) groups is 2. The largest absolute Gasteiger partial charge is 0.490 e. The van der Waals surface area contributed by atoms with Crippen LogP contribution in [0.5, 0.6) is 11.5 Å². The van der Waals surface area contributed by atoms with Crippen LogP contribution in [0.2, 0.25) is 0 Å². The zero-order chi connectivity index (χ0) is 28.2. The van der Waals surface area contributed by atoms with Gasteiger partial charge in [0.15, 0.2) is 11.5 Å². The van der Waals surface area contributed by atoms with E-state index in [1.165, 1.54) is 17.0 Å². The summed E-state index contributed by atoms with van der Waals surface area (Å²) in [6, 6.07) is 23.4. The van der Waals surface area contributed by atoms with Gasteiger partial charge < -0.3 is 9.47 Å². The molecule has 1 aliphatic heterocycles. The number of hydrogen-bond donors (Lipinski definition) is 0. The Hall–Kier alpha value is -4.15. The predicted molar refractivity (Wildman–Crippen MR) is 158 cm³/mol. The van der Waals surface area contributed by atoms with Crippen LogP contribution in [0.25, 0.3) is 16.8 Å². The van der Waals surface area contributed by atoms with E-state index in [9.17, 15) is 19.7 Å². The maximum atomic E-state index is 13.3. The molecule has 0 spiro atoms. The molecule has 5 rings (SSSR count). The van der Waals surface area contributed by atoms with Gasteiger partial charge in [-0.05, 0) is 64.4 Å². The Balaban J connectivity index is 1.37. The molecule has 1 aliphatic rings. The van der Waals surface area contributed by atoms with Crippen LogP contribution in [-0.2, 0) is 17.9 Å². The molecule has 8 nitrogen and oxygen atoms in total. The van der Waals surface area contributed by atoms with Crippen LogP contribution < -0.4 is 9.47 Å². The minimum absolute atomic E-state index is 0.0166. The van der Waals surface area contributed by atoms with E-state index in [2.05, 4.69) is 15.9 Å². The van der Waals surface area contributed by atoms with E-state index < -0.39 is 4.92 Å². The molecule has 0 unspecified atom stereocenters. The molecule has 1 fully saturated rings. The van der Waals surface area contributed by atoms with E-state index in [0.29, 0.717) is 38.6 Å². The van der Waals surface area contributed by atoms with Gasteiger partial charge in [-0.15, -0.1) is 0 Å². The standard InChI is InChI=1S/C30H23BrN2O6S/c1-2-38-26-14-22(25(31)16-27(26)39-18-19-7-5-11-23(13-19)33(36)37)15-28-29(34)32(30(35)40-28)17-21-10-6-9-20-8-3-4-12-24(20)21/h3-16H,2,17-18H2,1H3/b28-15+. The highest BCUT2D eigenvalue weighted by Crippen LogP contribution is 2.39. The van der Waals surface area contributed by atoms with Crippen LogP contribution in [0.1, 0.15) is 23.6 Å². The number of nitro groups is 1. The van der Waals surface area contributed by atoms with Gasteiger partial charge in [0.25, 0.3) is 16.8 Å². The fourth-order valence-corrected chi connectivity index (χ4v) is 5.61. The van der Waals surface area contributed by atoms with Crippen molar-refractivity contribution in [1.82, 2.24) is 4.90 Å². The average Bonchev–Trinajstić information content (AvgIpc) is 3.21. The predicted octanol–water partition coefficient (Wildman–Crippen LogP) is 7.72. The molecule has 0 N–H and O–H groups in total. The first kappa shape index (κ1) is 27.4. The number of imide groups is 1. The number of thioether (sulfide) groups is 1. The number of benzene rings is 4. The van der Waals surface area contributed by atoms with Crippen molar-refractivity contribution >= 4 is 61.4 Å². The first-order valence-electron chi connectivity index (χ1n) is 12.4. The molecule has 0 aromatic heterocycles. The van der Waals surface area contributed by atoms with Crippen molar-refractivity contribution in [2.75, 3.05) is 6.61 Å². The van der Waals surface area contributed by atoms with Gasteiger partial charge in [0, 0.05) is 16.6 Å². The summed E-state index contributed by atoms with van der Waals surface area (Å²) < 4.78 is 12.4. The lowest BCUT2D eigenvalue weighted by Gasteiger charge is -2.15. The number of halogens is 1. The fourth-order valence-electron chi connectivity index (χ4n) is 4.34. The molecule has 4 aromatic rings. The number of hydrogen-bond acceptors (Lipinski definition) is 7. The minimum atomic E-state index is -0.454. The Kier molecular flexibility index (Phi) is 8.18. The second kappa shape index (κ2) is 11.9. The summed E-state index contributed by atoms with van der Waals surface area (Å²) in [7, 11) is 0. The number of carbonyl (C=O) groups excluding carboxylic acids is 2. The highest BCUT2D eigenvalue weighted by Gasteiger charge is 2.35. The third-order valence-corrected chi connectivity index (χ3v) is 7.84. The maximum absolute atomic E-state index is 13.3. The van der Waals surface area contributed by atoms with E-state index in [0.717, 1.165) is 28.1 Å². The molecule has 2 amide bonds. The second-order valence-corrected chi connectivity index (χ2v) is 10.7. The number of nitrogens with zero attached hydrogens (tertiary/aromatic N) is 2. The molecule has 10 heteroatoms. The van der Waals surface area contributed by atoms with Crippen molar-refractivity contribution in [3.8, 4) is 11.5 Å². The lowest BCUT2D eigenvalue weighted by atomic mass is 10.0. The van der Waals surface area contributed by atoms with Crippen LogP contribution in [0.3, 0.4) is 0 Å². The Morgan fingerprint density at radius 1 is 0.975 bits per heavy atom. The topological polar surface area (TPSA) is 99.0 Å². The molecular formula is C30H23BrN2O6S. The molecule has 0 bridgehead atoms. The Bertz CT molecular complexity index is 1670. The average molecular weight is 619 g/mol. The summed E-state index contributed by atoms with van der Waals surface area (Å²) in [6.45, 7) is 2.49. The first-order valence-corrected chi connectivity index (χ1v) is 14.0. The molecule has 0 atom stereocenters. The van der Waals surface area contributed by atoms with Crippen LogP contribution >= 0.6 is 27.7 Å². The van der Waals surface area contributed by atoms with E-state index in [-0.39, 0.29) is 30.0 Å². The number of amides is 2. The van der Waals surface area contributed by atoms with Crippen molar-refractivity contribution in [3.63, 3.8) is 0 Å². The molecular weight excluding hydrogens is 596 g/mol. The highest BCUT2D eigenvalue weighted by atomic mass is 79.9. The molecule has 40 heavy (non-hydrogen) atoms. The molecule has 4 aromatic carbocycles. The smallest absolute Gasteiger partial charge is 0.293 e. The lowest BCUT2D eigenvalue weighted by molar-refractivity contribution is -0.384. The quantitative estimate of drug-likeness (QED) is 0.107. The third-order valence-electron chi connectivity index (χ3n) is 6.25. The normalized spacial score (nSPS) is 14.2. The van der Waals surface area contributed by atoms with Gasteiger partial charge in [0.1, 0.15) is 6.61 Å². The van der Waals surface area contributed by atoms with Gasteiger partial charge in [-0.25, -0.2) is 0 Å². The molecule has 1 saturated heterocycles. The number of non-ortho nitro benzene ring substituents is 1. The minimum Gasteiger partial charge on any atom is -0.490 e. The van der Waals surface area contributed by atoms with Gasteiger partial charge in [-0.2, -0.15) is 0 Å². The molecule has 202 valence electrons.